The van der Waals surface area contributed by atoms with Crippen LogP contribution in [0.2, 0.25) is 0 Å². The normalized spacial score (nSPS) is 28.0. The maximum absolute atomic E-state index is 12.4. The van der Waals surface area contributed by atoms with E-state index >= 15 is 0 Å². The average molecular weight is 334 g/mol. The first-order valence-electron chi connectivity index (χ1n) is 8.36. The van der Waals surface area contributed by atoms with Crippen LogP contribution in [0.5, 0.6) is 0 Å². The molecule has 1 N–H and O–H groups in total. The number of piperidine rings is 1. The van der Waals surface area contributed by atoms with Gasteiger partial charge in [-0.15, -0.1) is 0 Å². The number of nitrogens with zero attached hydrogens (tertiary/aromatic N) is 1. The van der Waals surface area contributed by atoms with Crippen LogP contribution < -0.4 is 5.32 Å². The van der Waals surface area contributed by atoms with Crippen LogP contribution in [0.15, 0.2) is 30.3 Å². The predicted molar refractivity (Wildman–Crippen MR) is 87.4 cm³/mol. The van der Waals surface area contributed by atoms with Crippen LogP contribution in [0.1, 0.15) is 43.6 Å². The topological polar surface area (TPSA) is 66.5 Å². The lowest BCUT2D eigenvalue weighted by Gasteiger charge is -2.38. The highest BCUT2D eigenvalue weighted by Gasteiger charge is 2.49. The molecule has 23 heavy (non-hydrogen) atoms. The monoisotopic (exact) mass is 334 g/mol. The third-order valence-electron chi connectivity index (χ3n) is 5.49. The van der Waals surface area contributed by atoms with Gasteiger partial charge < -0.3 is 5.32 Å². The second-order valence-electron chi connectivity index (χ2n) is 7.08. The van der Waals surface area contributed by atoms with Crippen LogP contribution in [0.4, 0.5) is 0 Å². The average Bonchev–Trinajstić information content (AvgIpc) is 3.35. The summed E-state index contributed by atoms with van der Waals surface area (Å²) in [6.07, 6.45) is 3.81. The lowest BCUT2D eigenvalue weighted by atomic mass is 9.82. The minimum atomic E-state index is -3.09. The number of carbonyl (C=O) groups is 1. The lowest BCUT2D eigenvalue weighted by molar-refractivity contribution is -0.121. The van der Waals surface area contributed by atoms with Crippen LogP contribution >= 0.6 is 0 Å². The summed E-state index contributed by atoms with van der Waals surface area (Å²) in [6, 6.07) is 9.86. The van der Waals surface area contributed by atoms with E-state index < -0.39 is 10.0 Å². The Balaban J connectivity index is 1.46. The quantitative estimate of drug-likeness (QED) is 0.913. The van der Waals surface area contributed by atoms with Crippen molar-refractivity contribution in [1.82, 2.24) is 9.62 Å². The molecule has 4 rings (SSSR count). The van der Waals surface area contributed by atoms with E-state index in [-0.39, 0.29) is 22.6 Å². The van der Waals surface area contributed by atoms with Gasteiger partial charge in [-0.25, -0.2) is 12.7 Å². The molecule has 5 nitrogen and oxygen atoms in total. The van der Waals surface area contributed by atoms with Gasteiger partial charge >= 0.3 is 0 Å². The Labute approximate surface area is 137 Å². The van der Waals surface area contributed by atoms with Gasteiger partial charge in [0, 0.05) is 18.6 Å². The van der Waals surface area contributed by atoms with E-state index in [0.29, 0.717) is 25.9 Å². The first-order chi connectivity index (χ1) is 11.0. The molecule has 1 amide bonds. The van der Waals surface area contributed by atoms with Gasteiger partial charge in [0.1, 0.15) is 0 Å². The summed E-state index contributed by atoms with van der Waals surface area (Å²) in [5.41, 5.74) is 0.822. The summed E-state index contributed by atoms with van der Waals surface area (Å²) >= 11 is 0. The molecule has 2 heterocycles. The van der Waals surface area contributed by atoms with E-state index in [1.54, 1.807) is 4.31 Å². The third kappa shape index (κ3) is 2.68. The number of benzene rings is 1. The summed E-state index contributed by atoms with van der Waals surface area (Å²) in [5.74, 6) is -0.0301. The Morgan fingerprint density at radius 3 is 2.35 bits per heavy atom. The molecule has 1 aliphatic carbocycles. The fraction of sp³-hybridized carbons (Fsp3) is 0.588. The van der Waals surface area contributed by atoms with Gasteiger partial charge in [0.2, 0.25) is 15.9 Å². The first-order valence-corrected chi connectivity index (χ1v) is 9.86. The van der Waals surface area contributed by atoms with Gasteiger partial charge in [0.15, 0.2) is 0 Å². The second kappa shape index (κ2) is 5.31. The highest BCUT2D eigenvalue weighted by atomic mass is 32.2. The molecular formula is C17H22N2O3S. The molecular weight excluding hydrogens is 312 g/mol. The number of hydrogen-bond donors (Lipinski definition) is 1. The zero-order valence-electron chi connectivity index (χ0n) is 13.1. The maximum Gasteiger partial charge on any atom is 0.228 e. The van der Waals surface area contributed by atoms with Gasteiger partial charge in [-0.2, -0.15) is 0 Å². The molecule has 1 spiro atoms. The summed E-state index contributed by atoms with van der Waals surface area (Å²) in [4.78, 5) is 12.4. The van der Waals surface area contributed by atoms with Crippen molar-refractivity contribution in [3.63, 3.8) is 0 Å². The highest BCUT2D eigenvalue weighted by Crippen LogP contribution is 2.41. The van der Waals surface area contributed by atoms with Crippen LogP contribution in [0.25, 0.3) is 0 Å². The van der Waals surface area contributed by atoms with Crippen LogP contribution in [-0.4, -0.2) is 42.5 Å². The smallest absolute Gasteiger partial charge is 0.228 e. The Morgan fingerprint density at radius 1 is 1.09 bits per heavy atom. The molecule has 3 fully saturated rings. The van der Waals surface area contributed by atoms with Crippen molar-refractivity contribution < 1.29 is 13.2 Å². The van der Waals surface area contributed by atoms with Gasteiger partial charge in [-0.05, 0) is 37.7 Å². The molecule has 2 saturated heterocycles. The molecule has 2 aliphatic heterocycles. The van der Waals surface area contributed by atoms with Crippen molar-refractivity contribution in [3.05, 3.63) is 35.9 Å². The van der Waals surface area contributed by atoms with Crippen molar-refractivity contribution in [2.45, 2.75) is 48.8 Å². The van der Waals surface area contributed by atoms with E-state index in [4.69, 9.17) is 0 Å². The second-order valence-corrected chi connectivity index (χ2v) is 9.29. The van der Waals surface area contributed by atoms with Gasteiger partial charge in [0.05, 0.1) is 11.2 Å². The molecule has 1 atom stereocenters. The largest absolute Gasteiger partial charge is 0.350 e. The summed E-state index contributed by atoms with van der Waals surface area (Å²) in [6.45, 7) is 1.06. The maximum atomic E-state index is 12.4. The molecule has 1 saturated carbocycles. The molecule has 0 aromatic heterocycles. The minimum Gasteiger partial charge on any atom is -0.350 e. The number of hydrogen-bond acceptors (Lipinski definition) is 3. The first kappa shape index (κ1) is 15.1. The Kier molecular flexibility index (Phi) is 3.50. The SMILES string of the molecule is O=C1NC2(CCN(S(=O)(=O)C3CC3)CC2)CC1c1ccccc1. The number of nitrogens with one attached hydrogen (secondary N) is 1. The Hall–Kier alpha value is -1.40. The molecule has 0 radical (unpaired) electrons. The predicted octanol–water partition coefficient (Wildman–Crippen LogP) is 1.62. The number of rotatable bonds is 3. The molecule has 124 valence electrons. The van der Waals surface area contributed by atoms with E-state index in [0.717, 1.165) is 24.8 Å². The van der Waals surface area contributed by atoms with Crippen molar-refractivity contribution >= 4 is 15.9 Å². The molecule has 1 aromatic carbocycles. The number of sulfonamides is 1. The zero-order valence-corrected chi connectivity index (χ0v) is 13.9. The van der Waals surface area contributed by atoms with Gasteiger partial charge in [-0.1, -0.05) is 30.3 Å². The number of amides is 1. The molecule has 1 aromatic rings. The van der Waals surface area contributed by atoms with Gasteiger partial charge in [-0.3, -0.25) is 4.79 Å². The van der Waals surface area contributed by atoms with Crippen molar-refractivity contribution in [2.75, 3.05) is 13.1 Å². The van der Waals surface area contributed by atoms with Crippen molar-refractivity contribution in [3.8, 4) is 0 Å². The molecule has 6 heteroatoms. The lowest BCUT2D eigenvalue weighted by Crippen LogP contribution is -2.52. The Morgan fingerprint density at radius 2 is 1.74 bits per heavy atom. The van der Waals surface area contributed by atoms with E-state index in [2.05, 4.69) is 5.32 Å². The highest BCUT2D eigenvalue weighted by molar-refractivity contribution is 7.90. The summed E-state index contributed by atoms with van der Waals surface area (Å²) in [5, 5.41) is 3.03. The third-order valence-corrected chi connectivity index (χ3v) is 7.89. The van der Waals surface area contributed by atoms with E-state index in [9.17, 15) is 13.2 Å². The van der Waals surface area contributed by atoms with E-state index in [1.807, 2.05) is 30.3 Å². The van der Waals surface area contributed by atoms with Crippen LogP contribution in [-0.2, 0) is 14.8 Å². The molecule has 0 bridgehead atoms. The standard InChI is InChI=1S/C17H22N2O3S/c20-16-15(13-4-2-1-3-5-13)12-17(18-16)8-10-19(11-9-17)23(21,22)14-6-7-14/h1-5,14-15H,6-12H2,(H,18,20). The molecule has 1 unspecified atom stereocenters. The summed E-state index contributed by atoms with van der Waals surface area (Å²) < 4.78 is 26.3. The van der Waals surface area contributed by atoms with Crippen molar-refractivity contribution in [2.24, 2.45) is 0 Å². The van der Waals surface area contributed by atoms with Crippen molar-refractivity contribution in [1.29, 1.82) is 0 Å². The van der Waals surface area contributed by atoms with Crippen LogP contribution in [0.3, 0.4) is 0 Å². The molecule has 3 aliphatic rings. The summed E-state index contributed by atoms with van der Waals surface area (Å²) in [7, 11) is -3.09. The number of carbonyl (C=O) groups excluding carboxylic acids is 1. The minimum absolute atomic E-state index is 0.0784. The van der Waals surface area contributed by atoms with Gasteiger partial charge in [0.25, 0.3) is 0 Å². The fourth-order valence-corrected chi connectivity index (χ4v) is 5.76. The zero-order chi connectivity index (χ0) is 16.1. The fourth-order valence-electron chi connectivity index (χ4n) is 3.91. The van der Waals surface area contributed by atoms with E-state index in [1.165, 1.54) is 0 Å². The van der Waals surface area contributed by atoms with Crippen LogP contribution in [0, 0.1) is 0 Å². The Bertz CT molecular complexity index is 705.